The number of sulfonamides is 1. The third-order valence-corrected chi connectivity index (χ3v) is 8.17. The number of halogens is 1. The van der Waals surface area contributed by atoms with Crippen molar-refractivity contribution in [3.63, 3.8) is 0 Å². The molecule has 0 unspecified atom stereocenters. The van der Waals surface area contributed by atoms with Crippen molar-refractivity contribution in [2.24, 2.45) is 0 Å². The van der Waals surface area contributed by atoms with Crippen molar-refractivity contribution >= 4 is 27.5 Å². The first kappa shape index (κ1) is 31.6. The average molecular weight is 584 g/mol. The zero-order valence-corrected chi connectivity index (χ0v) is 25.2. The number of rotatable bonds is 11. The molecule has 0 radical (unpaired) electrons. The molecule has 1 N–H and O–H groups in total. The highest BCUT2D eigenvalue weighted by atomic mass is 32.2. The van der Waals surface area contributed by atoms with Gasteiger partial charge in [-0.3, -0.25) is 13.9 Å². The third kappa shape index (κ3) is 8.29. The van der Waals surface area contributed by atoms with E-state index < -0.39 is 39.9 Å². The van der Waals surface area contributed by atoms with Gasteiger partial charge in [0.15, 0.2) is 0 Å². The lowest BCUT2D eigenvalue weighted by Gasteiger charge is -2.34. The normalized spacial score (nSPS) is 12.4. The van der Waals surface area contributed by atoms with Crippen molar-refractivity contribution in [2.45, 2.75) is 64.1 Å². The number of benzene rings is 3. The van der Waals surface area contributed by atoms with E-state index in [0.717, 1.165) is 9.87 Å². The summed E-state index contributed by atoms with van der Waals surface area (Å²) in [5.41, 5.74) is 1.15. The molecule has 8 nitrogen and oxygen atoms in total. The Morgan fingerprint density at radius 1 is 1.00 bits per heavy atom. The Balaban J connectivity index is 2.09. The van der Waals surface area contributed by atoms with E-state index in [-0.39, 0.29) is 29.5 Å². The molecule has 3 aromatic rings. The van der Waals surface area contributed by atoms with E-state index in [2.05, 4.69) is 5.32 Å². The molecule has 0 aliphatic heterocycles. The SMILES string of the molecule is CC[C@@H](C(=O)NC(C)(C)C)N(Cc1ccc(F)cc1)C(=O)CN(c1cccc(OC)c1)S(=O)(=O)c1ccc(C)cc1. The van der Waals surface area contributed by atoms with Crippen LogP contribution in [-0.4, -0.2) is 50.4 Å². The smallest absolute Gasteiger partial charge is 0.264 e. The number of carbonyl (C=O) groups is 2. The minimum absolute atomic E-state index is 0.0151. The number of nitrogens with zero attached hydrogens (tertiary/aromatic N) is 2. The van der Waals surface area contributed by atoms with Crippen LogP contribution >= 0.6 is 0 Å². The first-order chi connectivity index (χ1) is 19.2. The predicted molar refractivity (Wildman–Crippen MR) is 158 cm³/mol. The van der Waals surface area contributed by atoms with Crippen molar-refractivity contribution in [3.8, 4) is 5.75 Å². The zero-order valence-electron chi connectivity index (χ0n) is 24.3. The van der Waals surface area contributed by atoms with Crippen LogP contribution in [0.5, 0.6) is 5.75 Å². The Morgan fingerprint density at radius 3 is 2.20 bits per heavy atom. The Morgan fingerprint density at radius 2 is 1.63 bits per heavy atom. The van der Waals surface area contributed by atoms with Crippen LogP contribution in [0.1, 0.15) is 45.2 Å². The van der Waals surface area contributed by atoms with Gasteiger partial charge in [0, 0.05) is 18.2 Å². The maximum Gasteiger partial charge on any atom is 0.264 e. The summed E-state index contributed by atoms with van der Waals surface area (Å²) in [5.74, 6) is -0.982. The van der Waals surface area contributed by atoms with Gasteiger partial charge in [-0.05, 0) is 76.1 Å². The fraction of sp³-hybridized carbons (Fsp3) is 0.355. The van der Waals surface area contributed by atoms with Crippen LogP contribution < -0.4 is 14.4 Å². The number of hydrogen-bond donors (Lipinski definition) is 1. The molecule has 220 valence electrons. The van der Waals surface area contributed by atoms with Gasteiger partial charge in [-0.1, -0.05) is 42.8 Å². The molecule has 0 aromatic heterocycles. The molecular formula is C31H38FN3O5S. The lowest BCUT2D eigenvalue weighted by atomic mass is 10.1. The Labute approximate surface area is 242 Å². The van der Waals surface area contributed by atoms with E-state index in [9.17, 15) is 22.4 Å². The first-order valence-corrected chi connectivity index (χ1v) is 14.8. The second kappa shape index (κ2) is 13.2. The summed E-state index contributed by atoms with van der Waals surface area (Å²) >= 11 is 0. The van der Waals surface area contributed by atoms with Gasteiger partial charge < -0.3 is 15.0 Å². The fourth-order valence-corrected chi connectivity index (χ4v) is 5.70. The summed E-state index contributed by atoms with van der Waals surface area (Å²) in [7, 11) is -2.74. The van der Waals surface area contributed by atoms with Gasteiger partial charge >= 0.3 is 0 Å². The van der Waals surface area contributed by atoms with Crippen molar-refractivity contribution in [1.29, 1.82) is 0 Å². The Kier molecular flexibility index (Phi) is 10.1. The second-order valence-corrected chi connectivity index (χ2v) is 12.7. The highest BCUT2D eigenvalue weighted by molar-refractivity contribution is 7.92. The monoisotopic (exact) mass is 583 g/mol. The number of methoxy groups -OCH3 is 1. The second-order valence-electron chi connectivity index (χ2n) is 10.8. The molecule has 0 saturated carbocycles. The Bertz CT molecular complexity index is 1450. The summed E-state index contributed by atoms with van der Waals surface area (Å²) in [6.45, 7) is 8.53. The third-order valence-electron chi connectivity index (χ3n) is 6.38. The van der Waals surface area contributed by atoms with Gasteiger partial charge in [0.25, 0.3) is 10.0 Å². The van der Waals surface area contributed by atoms with E-state index in [1.54, 1.807) is 37.3 Å². The van der Waals surface area contributed by atoms with Gasteiger partial charge in [0.1, 0.15) is 24.2 Å². The molecule has 0 fully saturated rings. The highest BCUT2D eigenvalue weighted by Crippen LogP contribution is 2.28. The largest absolute Gasteiger partial charge is 0.497 e. The number of nitrogens with one attached hydrogen (secondary N) is 1. The van der Waals surface area contributed by atoms with E-state index in [4.69, 9.17) is 4.74 Å². The topological polar surface area (TPSA) is 96.0 Å². The van der Waals surface area contributed by atoms with E-state index >= 15 is 0 Å². The molecule has 0 aliphatic carbocycles. The molecule has 3 rings (SSSR count). The molecule has 10 heteroatoms. The average Bonchev–Trinajstić information content (AvgIpc) is 2.91. The fourth-order valence-electron chi connectivity index (χ4n) is 4.29. The maximum absolute atomic E-state index is 14.1. The molecule has 2 amide bonds. The molecule has 1 atom stereocenters. The molecule has 0 saturated heterocycles. The summed E-state index contributed by atoms with van der Waals surface area (Å²) in [4.78, 5) is 28.8. The summed E-state index contributed by atoms with van der Waals surface area (Å²) in [6, 6.07) is 17.5. The van der Waals surface area contributed by atoms with Crippen molar-refractivity contribution in [1.82, 2.24) is 10.2 Å². The van der Waals surface area contributed by atoms with Crippen molar-refractivity contribution in [3.05, 3.63) is 89.7 Å². The lowest BCUT2D eigenvalue weighted by Crippen LogP contribution is -2.55. The molecule has 41 heavy (non-hydrogen) atoms. The zero-order chi connectivity index (χ0) is 30.4. The van der Waals surface area contributed by atoms with Gasteiger partial charge in [0.2, 0.25) is 11.8 Å². The van der Waals surface area contributed by atoms with E-state index in [1.807, 2.05) is 27.7 Å². The van der Waals surface area contributed by atoms with Crippen LogP contribution in [-0.2, 0) is 26.2 Å². The first-order valence-electron chi connectivity index (χ1n) is 13.3. The standard InChI is InChI=1S/C31H38FN3O5S/c1-7-28(30(37)33-31(3,4)5)34(20-23-13-15-24(32)16-14-23)29(36)21-35(25-9-8-10-26(19-25)40-6)41(38,39)27-17-11-22(2)12-18-27/h8-19,28H,7,20-21H2,1-6H3,(H,33,37)/t28-/m0/s1. The minimum Gasteiger partial charge on any atom is -0.497 e. The summed E-state index contributed by atoms with van der Waals surface area (Å²) < 4.78 is 47.9. The molecule has 0 bridgehead atoms. The highest BCUT2D eigenvalue weighted by Gasteiger charge is 2.34. The number of amides is 2. The Hall–Kier alpha value is -3.92. The van der Waals surface area contributed by atoms with Crippen LogP contribution in [0.3, 0.4) is 0 Å². The number of carbonyl (C=O) groups excluding carboxylic acids is 2. The van der Waals surface area contributed by atoms with Crippen LogP contribution in [0, 0.1) is 12.7 Å². The summed E-state index contributed by atoms with van der Waals surface area (Å²) in [5, 5.41) is 2.92. The van der Waals surface area contributed by atoms with Gasteiger partial charge in [-0.15, -0.1) is 0 Å². The van der Waals surface area contributed by atoms with Gasteiger partial charge in [0.05, 0.1) is 17.7 Å². The number of ether oxygens (including phenoxy) is 1. The van der Waals surface area contributed by atoms with Crippen LogP contribution in [0.4, 0.5) is 10.1 Å². The molecule has 0 heterocycles. The maximum atomic E-state index is 14.1. The molecule has 0 spiro atoms. The predicted octanol–water partition coefficient (Wildman–Crippen LogP) is 5.06. The molecular weight excluding hydrogens is 545 g/mol. The van der Waals surface area contributed by atoms with Gasteiger partial charge in [-0.25, -0.2) is 12.8 Å². The molecule has 0 aliphatic rings. The number of aryl methyl sites for hydroxylation is 1. The van der Waals surface area contributed by atoms with Crippen LogP contribution in [0.2, 0.25) is 0 Å². The van der Waals surface area contributed by atoms with Crippen LogP contribution in [0.25, 0.3) is 0 Å². The lowest BCUT2D eigenvalue weighted by molar-refractivity contribution is -0.141. The van der Waals surface area contributed by atoms with Crippen LogP contribution in [0.15, 0.2) is 77.7 Å². The number of anilines is 1. The summed E-state index contributed by atoms with van der Waals surface area (Å²) in [6.07, 6.45) is 0.277. The molecule has 3 aromatic carbocycles. The van der Waals surface area contributed by atoms with Gasteiger partial charge in [-0.2, -0.15) is 0 Å². The quantitative estimate of drug-likeness (QED) is 0.341. The van der Waals surface area contributed by atoms with E-state index in [0.29, 0.717) is 11.3 Å². The number of hydrogen-bond acceptors (Lipinski definition) is 5. The van der Waals surface area contributed by atoms with Crippen molar-refractivity contribution < 1.29 is 27.1 Å². The minimum atomic E-state index is -4.20. The van der Waals surface area contributed by atoms with Crippen molar-refractivity contribution in [2.75, 3.05) is 18.0 Å². The van der Waals surface area contributed by atoms with E-state index in [1.165, 1.54) is 54.5 Å².